The molecule has 2 aromatic rings. The standard InChI is InChI=1S/C39H52O23/c40-12-25-30(50)31(51)33(53)38(58-25)62-35-34(60-27(48)6-3-16-1-4-18(41)20(43)9-16)26(15-57-37-32(52)29(49)24(47)14-56-37)59-39(36(35)61-28-11-22(45)23(46)13-55-28)54-8-7-17-2-5-19(42)21(44)10-17/h1-6,9-10,22-26,28-47,49-53H,7-8,11-15H2. The number of aliphatic hydroxyl groups excluding tert-OH is 9. The van der Waals surface area contributed by atoms with Gasteiger partial charge in [0.05, 0.1) is 39.1 Å². The lowest BCUT2D eigenvalue weighted by Gasteiger charge is -2.49. The van der Waals surface area contributed by atoms with Crippen molar-refractivity contribution in [2.45, 2.75) is 117 Å². The van der Waals surface area contributed by atoms with Gasteiger partial charge in [-0.25, -0.2) is 4.79 Å². The van der Waals surface area contributed by atoms with E-state index in [1.165, 1.54) is 36.4 Å². The minimum absolute atomic E-state index is 0.0724. The fourth-order valence-corrected chi connectivity index (χ4v) is 7.05. The number of hydrogen-bond donors (Lipinski definition) is 13. The molecule has 17 unspecified atom stereocenters. The first kappa shape index (κ1) is 47.6. The Hall–Kier alpha value is -3.83. The quantitative estimate of drug-likeness (QED) is 0.0459. The fraction of sp³-hybridized carbons (Fsp3) is 0.615. The first-order valence-corrected chi connectivity index (χ1v) is 19.6. The molecule has 23 nitrogen and oxygen atoms in total. The molecular formula is C39H52O23. The number of rotatable bonds is 15. The van der Waals surface area contributed by atoms with Crippen LogP contribution in [0.5, 0.6) is 23.0 Å². The number of esters is 1. The van der Waals surface area contributed by atoms with Gasteiger partial charge < -0.3 is 109 Å². The average molecular weight is 889 g/mol. The highest BCUT2D eigenvalue weighted by Gasteiger charge is 2.55. The summed E-state index contributed by atoms with van der Waals surface area (Å²) in [5.41, 5.74) is 0.724. The molecule has 0 aromatic heterocycles. The number of carbonyl (C=O) groups excluding carboxylic acids is 1. The lowest BCUT2D eigenvalue weighted by molar-refractivity contribution is -0.383. The molecule has 23 heteroatoms. The summed E-state index contributed by atoms with van der Waals surface area (Å²) in [6.45, 7) is -2.60. The lowest BCUT2D eigenvalue weighted by atomic mass is 9.96. The molecule has 0 saturated carbocycles. The van der Waals surface area contributed by atoms with E-state index in [1.807, 2.05) is 0 Å². The van der Waals surface area contributed by atoms with Crippen molar-refractivity contribution in [1.82, 2.24) is 0 Å². The topological polar surface area (TPSA) is 363 Å². The minimum atomic E-state index is -2.02. The van der Waals surface area contributed by atoms with Gasteiger partial charge in [-0.3, -0.25) is 0 Å². The summed E-state index contributed by atoms with van der Waals surface area (Å²) in [5, 5.41) is 133. The maximum Gasteiger partial charge on any atom is 0.331 e. The molecule has 0 amide bonds. The van der Waals surface area contributed by atoms with E-state index in [9.17, 15) is 71.2 Å². The van der Waals surface area contributed by atoms with Crippen LogP contribution < -0.4 is 0 Å². The molecule has 4 aliphatic heterocycles. The molecule has 0 spiro atoms. The predicted molar refractivity (Wildman–Crippen MR) is 200 cm³/mol. The molecule has 4 aliphatic rings. The minimum Gasteiger partial charge on any atom is -0.504 e. The Morgan fingerprint density at radius 3 is 2.02 bits per heavy atom. The molecule has 62 heavy (non-hydrogen) atoms. The van der Waals surface area contributed by atoms with E-state index >= 15 is 0 Å². The summed E-state index contributed by atoms with van der Waals surface area (Å²) in [5.74, 6) is -2.82. The van der Waals surface area contributed by atoms with Gasteiger partial charge in [0.2, 0.25) is 0 Å². The number of phenolic OH excluding ortho intramolecular Hbond substituents is 4. The molecule has 4 fully saturated rings. The monoisotopic (exact) mass is 888 g/mol. The zero-order chi connectivity index (χ0) is 44.8. The number of aliphatic hydroxyl groups is 9. The highest BCUT2D eigenvalue weighted by atomic mass is 16.8. The predicted octanol–water partition coefficient (Wildman–Crippen LogP) is -4.09. The van der Waals surface area contributed by atoms with E-state index in [1.54, 1.807) is 0 Å². The van der Waals surface area contributed by atoms with Crippen LogP contribution in [0.4, 0.5) is 0 Å². The van der Waals surface area contributed by atoms with Crippen LogP contribution >= 0.6 is 0 Å². The molecule has 0 bridgehead atoms. The van der Waals surface area contributed by atoms with E-state index in [-0.39, 0.29) is 30.8 Å². The Labute approximate surface area is 352 Å². The molecule has 6 rings (SSSR count). The van der Waals surface area contributed by atoms with Crippen molar-refractivity contribution in [3.8, 4) is 23.0 Å². The van der Waals surface area contributed by atoms with Crippen LogP contribution in [0.1, 0.15) is 17.5 Å². The van der Waals surface area contributed by atoms with Gasteiger partial charge in [0.25, 0.3) is 0 Å². The van der Waals surface area contributed by atoms with Crippen LogP contribution in [0.25, 0.3) is 6.08 Å². The Morgan fingerprint density at radius 1 is 0.645 bits per heavy atom. The second kappa shape index (κ2) is 21.2. The van der Waals surface area contributed by atoms with Gasteiger partial charge in [0, 0.05) is 12.5 Å². The summed E-state index contributed by atoms with van der Waals surface area (Å²) in [6, 6.07) is 7.71. The van der Waals surface area contributed by atoms with Gasteiger partial charge in [-0.15, -0.1) is 0 Å². The Bertz CT molecular complexity index is 1800. The van der Waals surface area contributed by atoms with E-state index in [4.69, 9.17) is 42.6 Å². The van der Waals surface area contributed by atoms with Crippen molar-refractivity contribution in [2.75, 3.05) is 33.0 Å². The summed E-state index contributed by atoms with van der Waals surface area (Å²) >= 11 is 0. The van der Waals surface area contributed by atoms with Gasteiger partial charge in [0.15, 0.2) is 54.3 Å². The van der Waals surface area contributed by atoms with Crippen molar-refractivity contribution in [1.29, 1.82) is 0 Å². The molecule has 346 valence electrons. The van der Waals surface area contributed by atoms with Crippen molar-refractivity contribution in [3.05, 3.63) is 53.6 Å². The van der Waals surface area contributed by atoms with Crippen LogP contribution in [0.15, 0.2) is 42.5 Å². The number of benzene rings is 2. The van der Waals surface area contributed by atoms with Crippen LogP contribution in [0.3, 0.4) is 0 Å². The number of phenols is 4. The normalized spacial score (nSPS) is 37.9. The van der Waals surface area contributed by atoms with Crippen LogP contribution in [0.2, 0.25) is 0 Å². The van der Waals surface area contributed by atoms with E-state index in [0.717, 1.165) is 12.1 Å². The zero-order valence-electron chi connectivity index (χ0n) is 32.8. The molecule has 0 radical (unpaired) electrons. The van der Waals surface area contributed by atoms with Gasteiger partial charge >= 0.3 is 5.97 Å². The zero-order valence-corrected chi connectivity index (χ0v) is 32.8. The molecule has 2 aromatic carbocycles. The average Bonchev–Trinajstić information content (AvgIpc) is 3.24. The third-order valence-corrected chi connectivity index (χ3v) is 10.6. The molecule has 17 atom stereocenters. The summed E-state index contributed by atoms with van der Waals surface area (Å²) < 4.78 is 53.4. The van der Waals surface area contributed by atoms with Crippen molar-refractivity contribution >= 4 is 12.0 Å². The third kappa shape index (κ3) is 11.5. The second-order valence-corrected chi connectivity index (χ2v) is 15.1. The molecule has 0 aliphatic carbocycles. The summed E-state index contributed by atoms with van der Waals surface area (Å²) in [7, 11) is 0. The number of carbonyl (C=O) groups is 1. The first-order valence-electron chi connectivity index (χ1n) is 19.6. The fourth-order valence-electron chi connectivity index (χ4n) is 7.05. The van der Waals surface area contributed by atoms with Gasteiger partial charge in [0.1, 0.15) is 67.1 Å². The lowest BCUT2D eigenvalue weighted by Crippen LogP contribution is -2.66. The summed E-state index contributed by atoms with van der Waals surface area (Å²) in [4.78, 5) is 13.7. The number of ether oxygens (including phenoxy) is 9. The van der Waals surface area contributed by atoms with Gasteiger partial charge in [-0.2, -0.15) is 0 Å². The molecular weight excluding hydrogens is 836 g/mol. The van der Waals surface area contributed by atoms with E-state index in [0.29, 0.717) is 5.56 Å². The summed E-state index contributed by atoms with van der Waals surface area (Å²) in [6.07, 6.45) is -26.1. The molecule has 4 heterocycles. The Balaban J connectivity index is 1.38. The number of aromatic hydroxyl groups is 4. The molecule has 13 N–H and O–H groups in total. The Morgan fingerprint density at radius 2 is 1.32 bits per heavy atom. The van der Waals surface area contributed by atoms with E-state index < -0.39 is 154 Å². The van der Waals surface area contributed by atoms with Crippen LogP contribution in [-0.4, -0.2) is 210 Å². The van der Waals surface area contributed by atoms with Crippen molar-refractivity contribution in [2.24, 2.45) is 0 Å². The van der Waals surface area contributed by atoms with Crippen LogP contribution in [0, 0.1) is 0 Å². The maximum atomic E-state index is 13.7. The van der Waals surface area contributed by atoms with Gasteiger partial charge in [-0.05, 0) is 47.9 Å². The third-order valence-electron chi connectivity index (χ3n) is 10.6. The SMILES string of the molecule is O=C(C=Cc1ccc(O)c(O)c1)OC1C(COC2OCC(O)C(O)C2O)OC(OCCc2ccc(O)c(O)c2)C(OC2CC(O)C(O)CO2)C1OC1OC(CO)C(O)C(O)C1O. The first-order chi connectivity index (χ1) is 29.5. The second-order valence-electron chi connectivity index (χ2n) is 15.1. The van der Waals surface area contributed by atoms with Crippen molar-refractivity contribution < 1.29 is 114 Å². The highest BCUT2D eigenvalue weighted by molar-refractivity contribution is 5.87. The maximum absolute atomic E-state index is 13.7. The number of hydrogen-bond acceptors (Lipinski definition) is 23. The molecule has 4 saturated heterocycles. The van der Waals surface area contributed by atoms with Crippen molar-refractivity contribution in [3.63, 3.8) is 0 Å². The van der Waals surface area contributed by atoms with Gasteiger partial charge in [-0.1, -0.05) is 12.1 Å². The van der Waals surface area contributed by atoms with Crippen LogP contribution in [-0.2, 0) is 53.8 Å². The Kier molecular flexibility index (Phi) is 16.3. The highest BCUT2D eigenvalue weighted by Crippen LogP contribution is 2.36. The largest absolute Gasteiger partial charge is 0.504 e. The smallest absolute Gasteiger partial charge is 0.331 e. The van der Waals surface area contributed by atoms with E-state index in [2.05, 4.69) is 0 Å².